The van der Waals surface area contributed by atoms with Crippen molar-refractivity contribution in [3.63, 3.8) is 0 Å². The van der Waals surface area contributed by atoms with Gasteiger partial charge in [-0.2, -0.15) is 0 Å². The summed E-state index contributed by atoms with van der Waals surface area (Å²) in [5.41, 5.74) is 0. The molecule has 0 aromatic heterocycles. The van der Waals surface area contributed by atoms with E-state index in [0.29, 0.717) is 13.2 Å². The summed E-state index contributed by atoms with van der Waals surface area (Å²) in [5.74, 6) is 0. The van der Waals surface area contributed by atoms with Gasteiger partial charge in [0.15, 0.2) is 0 Å². The fourth-order valence-corrected chi connectivity index (χ4v) is 1.49. The van der Waals surface area contributed by atoms with Gasteiger partial charge in [0.2, 0.25) is 0 Å². The Morgan fingerprint density at radius 2 is 1.45 bits per heavy atom. The van der Waals surface area contributed by atoms with Gasteiger partial charge >= 0.3 is 15.9 Å². The fraction of sp³-hybridized carbons (Fsp3) is 1.00. The van der Waals surface area contributed by atoms with Gasteiger partial charge in [-0.25, -0.2) is 0 Å². The molecule has 5 heteroatoms. The molecule has 0 aliphatic heterocycles. The first-order chi connectivity index (χ1) is 5.13. The molecule has 0 heterocycles. The van der Waals surface area contributed by atoms with Gasteiger partial charge in [0.1, 0.15) is 0 Å². The van der Waals surface area contributed by atoms with Crippen molar-refractivity contribution in [2.75, 3.05) is 13.2 Å². The second kappa shape index (κ2) is 7.04. The van der Waals surface area contributed by atoms with Crippen LogP contribution < -0.4 is 0 Å². The Kier molecular flexibility index (Phi) is 7.28. The maximum Gasteiger partial charge on any atom is 0.649 e. The number of aliphatic hydroxyl groups excluding tert-OH is 2. The largest absolute Gasteiger partial charge is 0.649 e. The van der Waals surface area contributed by atoms with Crippen molar-refractivity contribution < 1.29 is 17.8 Å². The molecule has 0 fully saturated rings. The first kappa shape index (κ1) is 11.4. The highest BCUT2D eigenvalue weighted by atomic mass is 27.2. The average Bonchev–Trinajstić information content (AvgIpc) is 1.85. The molecule has 2 unspecified atom stereocenters. The summed E-state index contributed by atoms with van der Waals surface area (Å²) in [6.45, 7) is 3.96. The first-order valence-electron chi connectivity index (χ1n) is 3.64. The summed E-state index contributed by atoms with van der Waals surface area (Å²) in [5, 5.41) is 17.5. The first-order valence-corrected chi connectivity index (χ1v) is 4.80. The predicted molar refractivity (Wildman–Crippen MR) is 42.4 cm³/mol. The van der Waals surface area contributed by atoms with Gasteiger partial charge in [-0.05, 0) is 13.8 Å². The van der Waals surface area contributed by atoms with E-state index in [0.717, 1.165) is 0 Å². The number of aliphatic hydroxyl groups is 2. The lowest BCUT2D eigenvalue weighted by Gasteiger charge is -2.07. The van der Waals surface area contributed by atoms with Crippen LogP contribution in [0.1, 0.15) is 13.8 Å². The summed E-state index contributed by atoms with van der Waals surface area (Å²) in [4.78, 5) is 0. The van der Waals surface area contributed by atoms with Gasteiger partial charge in [-0.1, -0.05) is 0 Å². The van der Waals surface area contributed by atoms with Crippen molar-refractivity contribution in [3.05, 3.63) is 0 Å². The molecular weight excluding hydrogens is 163 g/mol. The third-order valence-corrected chi connectivity index (χ3v) is 1.69. The molecule has 0 aliphatic rings. The van der Waals surface area contributed by atoms with Crippen LogP contribution in [0.5, 0.6) is 0 Å². The lowest BCUT2D eigenvalue weighted by Crippen LogP contribution is -2.18. The summed E-state index contributed by atoms with van der Waals surface area (Å²) in [6, 6.07) is 0. The van der Waals surface area contributed by atoms with Crippen molar-refractivity contribution >= 4 is 15.9 Å². The monoisotopic (exact) mass is 178 g/mol. The summed E-state index contributed by atoms with van der Waals surface area (Å²) in [7, 11) is 0. The van der Waals surface area contributed by atoms with Crippen LogP contribution >= 0.6 is 0 Å². The highest BCUT2D eigenvalue weighted by molar-refractivity contribution is 6.17. The molecule has 0 spiro atoms. The standard InChI is InChI=1S/2C3H7O2.Al.H/c2*1-3(5)2-4;;/h2*3,5H,2H2,1H3;;/q2*-1;+2;. The molecular formula is C6H15AlO4. The molecule has 0 bridgehead atoms. The quantitative estimate of drug-likeness (QED) is 0.406. The molecule has 2 N–H and O–H groups in total. The van der Waals surface area contributed by atoms with Crippen molar-refractivity contribution in [2.45, 2.75) is 26.1 Å². The van der Waals surface area contributed by atoms with Crippen LogP contribution in [0, 0.1) is 0 Å². The smallest absolute Gasteiger partial charge is 0.479 e. The highest BCUT2D eigenvalue weighted by Crippen LogP contribution is 1.84. The van der Waals surface area contributed by atoms with E-state index in [4.69, 9.17) is 17.8 Å². The van der Waals surface area contributed by atoms with E-state index < -0.39 is 28.1 Å². The molecule has 0 aromatic rings. The van der Waals surface area contributed by atoms with Gasteiger partial charge in [0.25, 0.3) is 0 Å². The zero-order valence-corrected chi connectivity index (χ0v) is 8.40. The zero-order valence-electron chi connectivity index (χ0n) is 6.99. The number of hydrogen-bond donors (Lipinski definition) is 2. The van der Waals surface area contributed by atoms with Crippen molar-refractivity contribution in [1.29, 1.82) is 0 Å². The SMILES string of the molecule is CC(O)C[O][AlH][O]CC(C)O. The lowest BCUT2D eigenvalue weighted by molar-refractivity contribution is 0.0836. The fourth-order valence-electron chi connectivity index (χ4n) is 0.496. The van der Waals surface area contributed by atoms with Crippen LogP contribution in [0.3, 0.4) is 0 Å². The molecule has 0 amide bonds. The molecule has 0 saturated heterocycles. The molecule has 0 aromatic carbocycles. The molecule has 0 radical (unpaired) electrons. The maximum atomic E-state index is 8.75. The Hall–Kier alpha value is 0.372. The van der Waals surface area contributed by atoms with Crippen LogP contribution in [-0.4, -0.2) is 51.5 Å². The third-order valence-electron chi connectivity index (χ3n) is 0.885. The molecule has 2 atom stereocenters. The second-order valence-electron chi connectivity index (χ2n) is 2.56. The minimum absolute atomic E-state index is 0.325. The minimum Gasteiger partial charge on any atom is -0.479 e. The predicted octanol–water partition coefficient (Wildman–Crippen LogP) is -0.952. The number of hydrogen-bond acceptors (Lipinski definition) is 4. The normalized spacial score (nSPS) is 16.0. The van der Waals surface area contributed by atoms with Crippen molar-refractivity contribution in [1.82, 2.24) is 0 Å². The Labute approximate surface area is 73.5 Å². The molecule has 66 valence electrons. The lowest BCUT2D eigenvalue weighted by atomic mass is 10.5. The summed E-state index contributed by atoms with van der Waals surface area (Å²) < 4.78 is 10.0. The zero-order chi connectivity index (χ0) is 8.69. The Morgan fingerprint density at radius 3 is 1.73 bits per heavy atom. The van der Waals surface area contributed by atoms with Crippen LogP contribution in [0.2, 0.25) is 0 Å². The number of rotatable bonds is 6. The van der Waals surface area contributed by atoms with Crippen molar-refractivity contribution in [3.8, 4) is 0 Å². The van der Waals surface area contributed by atoms with Gasteiger partial charge in [0.05, 0.1) is 12.2 Å². The minimum atomic E-state index is -0.994. The Balaban J connectivity index is 2.91. The van der Waals surface area contributed by atoms with E-state index >= 15 is 0 Å². The van der Waals surface area contributed by atoms with Crippen LogP contribution in [0.4, 0.5) is 0 Å². The van der Waals surface area contributed by atoms with E-state index in [1.807, 2.05) is 0 Å². The van der Waals surface area contributed by atoms with Gasteiger partial charge < -0.3 is 17.8 Å². The van der Waals surface area contributed by atoms with Crippen LogP contribution in [0.15, 0.2) is 0 Å². The summed E-state index contributed by atoms with van der Waals surface area (Å²) >= 11 is -0.994. The molecule has 11 heavy (non-hydrogen) atoms. The second-order valence-corrected chi connectivity index (χ2v) is 3.61. The molecule has 0 rings (SSSR count). The topological polar surface area (TPSA) is 58.9 Å². The van der Waals surface area contributed by atoms with E-state index in [1.165, 1.54) is 0 Å². The Morgan fingerprint density at radius 1 is 1.09 bits per heavy atom. The molecule has 4 nitrogen and oxygen atoms in total. The summed E-state index contributed by atoms with van der Waals surface area (Å²) in [6.07, 6.45) is -0.865. The van der Waals surface area contributed by atoms with E-state index in [1.54, 1.807) is 13.8 Å². The highest BCUT2D eigenvalue weighted by Gasteiger charge is 2.01. The van der Waals surface area contributed by atoms with E-state index in [-0.39, 0.29) is 0 Å². The van der Waals surface area contributed by atoms with Crippen LogP contribution in [-0.2, 0) is 7.58 Å². The van der Waals surface area contributed by atoms with Crippen LogP contribution in [0.25, 0.3) is 0 Å². The average molecular weight is 178 g/mol. The van der Waals surface area contributed by atoms with Gasteiger partial charge in [0, 0.05) is 13.2 Å². The maximum absolute atomic E-state index is 8.75. The van der Waals surface area contributed by atoms with Crippen molar-refractivity contribution in [2.24, 2.45) is 0 Å². The van der Waals surface area contributed by atoms with E-state index in [9.17, 15) is 0 Å². The molecule has 0 saturated carbocycles. The Bertz CT molecular complexity index is 76.7. The van der Waals surface area contributed by atoms with Gasteiger partial charge in [-0.15, -0.1) is 0 Å². The van der Waals surface area contributed by atoms with Gasteiger partial charge in [-0.3, -0.25) is 0 Å². The molecule has 0 aliphatic carbocycles. The third kappa shape index (κ3) is 10.4. The van der Waals surface area contributed by atoms with E-state index in [2.05, 4.69) is 0 Å².